The van der Waals surface area contributed by atoms with Crippen LogP contribution < -0.4 is 0 Å². The van der Waals surface area contributed by atoms with Gasteiger partial charge in [-0.2, -0.15) is 5.10 Å². The summed E-state index contributed by atoms with van der Waals surface area (Å²) in [6, 6.07) is 5.91. The third kappa shape index (κ3) is 2.73. The zero-order chi connectivity index (χ0) is 13.3. The Kier molecular flexibility index (Phi) is 3.45. The van der Waals surface area contributed by atoms with Gasteiger partial charge in [-0.3, -0.25) is 5.10 Å². The molecule has 2 rings (SSSR count). The van der Waals surface area contributed by atoms with Crippen LogP contribution in [0.15, 0.2) is 28.8 Å². The first-order valence-electron chi connectivity index (χ1n) is 5.79. The van der Waals surface area contributed by atoms with Crippen LogP contribution in [0.4, 0.5) is 0 Å². The Labute approximate surface area is 110 Å². The van der Waals surface area contributed by atoms with Crippen LogP contribution in [-0.4, -0.2) is 25.2 Å². The number of fused-ring (bicyclic) bond motifs is 1. The smallest absolute Gasteiger partial charge is 0.144 e. The molecule has 4 nitrogen and oxygen atoms in total. The van der Waals surface area contributed by atoms with E-state index in [0.717, 1.165) is 22.2 Å². The number of H-pyrrole nitrogens is 1. The molecule has 0 aliphatic heterocycles. The summed E-state index contributed by atoms with van der Waals surface area (Å²) >= 11 is -1.23. The molecule has 0 bridgehead atoms. The topological polar surface area (TPSA) is 64.1 Å². The van der Waals surface area contributed by atoms with E-state index in [9.17, 15) is 4.55 Å². The van der Waals surface area contributed by atoms with Gasteiger partial charge in [0, 0.05) is 10.9 Å². The predicted octanol–water partition coefficient (Wildman–Crippen LogP) is 2.83. The van der Waals surface area contributed by atoms with E-state index in [1.165, 1.54) is 0 Å². The van der Waals surface area contributed by atoms with Gasteiger partial charge in [-0.1, -0.05) is 10.5 Å². The highest BCUT2D eigenvalue weighted by Crippen LogP contribution is 2.19. The van der Waals surface area contributed by atoms with Crippen molar-refractivity contribution in [2.45, 2.75) is 32.4 Å². The highest BCUT2D eigenvalue weighted by atomic mass is 32.2. The second-order valence-corrected chi connectivity index (χ2v) is 7.12. The van der Waals surface area contributed by atoms with E-state index in [1.54, 1.807) is 6.20 Å². The van der Waals surface area contributed by atoms with Crippen LogP contribution in [0.25, 0.3) is 10.9 Å². The van der Waals surface area contributed by atoms with Crippen LogP contribution in [0.1, 0.15) is 33.3 Å². The molecule has 5 heteroatoms. The number of aromatic amines is 1. The third-order valence-corrected chi connectivity index (χ3v) is 4.09. The van der Waals surface area contributed by atoms with Crippen molar-refractivity contribution in [3.63, 3.8) is 0 Å². The van der Waals surface area contributed by atoms with Gasteiger partial charge in [0.1, 0.15) is 16.1 Å². The van der Waals surface area contributed by atoms with Crippen LogP contribution >= 0.6 is 0 Å². The molecule has 1 N–H and O–H groups in total. The monoisotopic (exact) mass is 263 g/mol. The second-order valence-electron chi connectivity index (χ2n) is 5.21. The summed E-state index contributed by atoms with van der Waals surface area (Å²) in [4.78, 5) is 0. The minimum Gasteiger partial charge on any atom is -0.591 e. The predicted molar refractivity (Wildman–Crippen MR) is 76.2 cm³/mol. The zero-order valence-corrected chi connectivity index (χ0v) is 11.8. The highest BCUT2D eigenvalue weighted by molar-refractivity contribution is 7.91. The van der Waals surface area contributed by atoms with Crippen LogP contribution in [-0.2, 0) is 11.4 Å². The summed E-state index contributed by atoms with van der Waals surface area (Å²) in [6.45, 7) is 7.63. The molecule has 1 atom stereocenters. The maximum Gasteiger partial charge on any atom is 0.144 e. The lowest BCUT2D eigenvalue weighted by molar-refractivity contribution is 0.561. The normalized spacial score (nSPS) is 15.1. The van der Waals surface area contributed by atoms with Gasteiger partial charge < -0.3 is 4.55 Å². The number of nitrogens with one attached hydrogen (secondary N) is 1. The van der Waals surface area contributed by atoms with Crippen LogP contribution in [0.3, 0.4) is 0 Å². The second kappa shape index (κ2) is 4.74. The van der Waals surface area contributed by atoms with E-state index in [0.29, 0.717) is 0 Å². The summed E-state index contributed by atoms with van der Waals surface area (Å²) in [5.74, 6) is 0. The molecule has 1 unspecified atom stereocenters. The van der Waals surface area contributed by atoms with Gasteiger partial charge in [-0.25, -0.2) is 0 Å². The summed E-state index contributed by atoms with van der Waals surface area (Å²) in [6.07, 6.45) is 1.77. The van der Waals surface area contributed by atoms with Gasteiger partial charge in [0.25, 0.3) is 0 Å². The number of nitrogens with zero attached hydrogens (tertiary/aromatic N) is 2. The fourth-order valence-electron chi connectivity index (χ4n) is 1.48. The molecule has 0 fully saturated rings. The van der Waals surface area contributed by atoms with E-state index >= 15 is 0 Å². The van der Waals surface area contributed by atoms with E-state index < -0.39 is 11.4 Å². The lowest BCUT2D eigenvalue weighted by Crippen LogP contribution is -2.26. The number of hydrogen-bond donors (Lipinski definition) is 1. The quantitative estimate of drug-likeness (QED) is 0.669. The first-order chi connectivity index (χ1) is 8.38. The number of benzene rings is 1. The van der Waals surface area contributed by atoms with E-state index in [-0.39, 0.29) is 4.75 Å². The number of aromatic nitrogens is 2. The fraction of sp³-hybridized carbons (Fsp3) is 0.385. The number of hydrogen-bond acceptors (Lipinski definition) is 3. The molecule has 0 aliphatic rings. The van der Waals surface area contributed by atoms with Gasteiger partial charge in [0.2, 0.25) is 0 Å². The molecule has 96 valence electrons. The number of rotatable bonds is 2. The SMILES string of the molecule is C/C(=N/[S+]([O-])C(C)(C)C)c1ccc2[nH]ncc2c1. The van der Waals surface area contributed by atoms with Crippen molar-refractivity contribution < 1.29 is 4.55 Å². The molecule has 0 amide bonds. The first-order valence-corrected chi connectivity index (χ1v) is 6.89. The standard InChI is InChI=1S/C13H17N3OS/c1-9(16-18(17)13(2,3)4)10-5-6-12-11(7-10)8-14-15-12/h5-8H,1-4H3,(H,14,15)/b16-9-. The van der Waals surface area contributed by atoms with Crippen LogP contribution in [0, 0.1) is 0 Å². The summed E-state index contributed by atoms with van der Waals surface area (Å²) in [5, 5.41) is 7.91. The Bertz CT molecular complexity index is 583. The maximum atomic E-state index is 12.0. The molecule has 0 saturated heterocycles. The van der Waals surface area contributed by atoms with Crippen molar-refractivity contribution in [2.75, 3.05) is 0 Å². The molecule has 1 aromatic heterocycles. The summed E-state index contributed by atoms with van der Waals surface area (Å²) in [7, 11) is 0. The van der Waals surface area contributed by atoms with Gasteiger partial charge in [-0.05, 0) is 39.8 Å². The molecular formula is C13H17N3OS. The third-order valence-electron chi connectivity index (χ3n) is 2.60. The lowest BCUT2D eigenvalue weighted by Gasteiger charge is -2.18. The Morgan fingerprint density at radius 1 is 1.39 bits per heavy atom. The molecule has 2 aromatic rings. The Balaban J connectivity index is 2.32. The van der Waals surface area contributed by atoms with Crippen molar-refractivity contribution in [3.8, 4) is 0 Å². The Hall–Kier alpha value is -1.33. The molecule has 1 aromatic carbocycles. The summed E-state index contributed by atoms with van der Waals surface area (Å²) < 4.78 is 15.9. The van der Waals surface area contributed by atoms with Crippen molar-refractivity contribution in [2.24, 2.45) is 4.40 Å². The molecule has 18 heavy (non-hydrogen) atoms. The average molecular weight is 263 g/mol. The molecule has 0 spiro atoms. The van der Waals surface area contributed by atoms with Crippen molar-refractivity contribution >= 4 is 28.0 Å². The zero-order valence-electron chi connectivity index (χ0n) is 11.0. The molecule has 1 heterocycles. The first kappa shape index (κ1) is 13.1. The molecule has 0 saturated carbocycles. The van der Waals surface area contributed by atoms with Crippen molar-refractivity contribution in [3.05, 3.63) is 30.0 Å². The summed E-state index contributed by atoms with van der Waals surface area (Å²) in [5.41, 5.74) is 2.75. The van der Waals surface area contributed by atoms with E-state index in [4.69, 9.17) is 0 Å². The molecule has 0 radical (unpaired) electrons. The van der Waals surface area contributed by atoms with Crippen LogP contribution in [0.2, 0.25) is 0 Å². The van der Waals surface area contributed by atoms with Gasteiger partial charge in [0.15, 0.2) is 0 Å². The Morgan fingerprint density at radius 2 is 2.11 bits per heavy atom. The van der Waals surface area contributed by atoms with E-state index in [1.807, 2.05) is 45.9 Å². The van der Waals surface area contributed by atoms with Gasteiger partial charge in [0.05, 0.1) is 17.4 Å². The van der Waals surface area contributed by atoms with Gasteiger partial charge in [-0.15, -0.1) is 0 Å². The van der Waals surface area contributed by atoms with E-state index in [2.05, 4.69) is 14.6 Å². The van der Waals surface area contributed by atoms with Crippen molar-refractivity contribution in [1.29, 1.82) is 0 Å². The van der Waals surface area contributed by atoms with Crippen LogP contribution in [0.5, 0.6) is 0 Å². The van der Waals surface area contributed by atoms with Gasteiger partial charge >= 0.3 is 0 Å². The Morgan fingerprint density at radius 3 is 2.78 bits per heavy atom. The lowest BCUT2D eigenvalue weighted by atomic mass is 10.1. The minimum absolute atomic E-state index is 0.332. The average Bonchev–Trinajstić information content (AvgIpc) is 2.74. The van der Waals surface area contributed by atoms with Crippen molar-refractivity contribution in [1.82, 2.24) is 10.2 Å². The molecule has 0 aliphatic carbocycles. The fourth-order valence-corrected chi connectivity index (χ4v) is 2.11. The maximum absolute atomic E-state index is 12.0. The highest BCUT2D eigenvalue weighted by Gasteiger charge is 2.26. The molecular weight excluding hydrogens is 246 g/mol. The minimum atomic E-state index is -1.23. The largest absolute Gasteiger partial charge is 0.591 e.